The number of fused-ring (bicyclic) bond motifs is 7. The number of aromatic nitrogens is 2. The number of rotatable bonds is 6. The molecule has 8 bridgehead atoms. The van der Waals surface area contributed by atoms with E-state index in [1.807, 2.05) is 41.5 Å². The average Bonchev–Trinajstić information content (AvgIpc) is 3.93. The van der Waals surface area contributed by atoms with Gasteiger partial charge in [-0.15, -0.1) is 34.4 Å². The van der Waals surface area contributed by atoms with E-state index in [0.717, 1.165) is 6.42 Å². The van der Waals surface area contributed by atoms with Gasteiger partial charge in [0.15, 0.2) is 0 Å². The summed E-state index contributed by atoms with van der Waals surface area (Å²) in [5.41, 5.74) is 0.440. The predicted octanol–water partition coefficient (Wildman–Crippen LogP) is 4.59. The molecule has 16 heteroatoms. The van der Waals surface area contributed by atoms with Crippen LogP contribution < -0.4 is 21.3 Å². The van der Waals surface area contributed by atoms with Crippen molar-refractivity contribution in [1.82, 2.24) is 36.1 Å². The Morgan fingerprint density at radius 2 is 1.38 bits per heavy atom. The fourth-order valence-corrected chi connectivity index (χ4v) is 9.64. The highest BCUT2D eigenvalue weighted by atomic mass is 32.2. The minimum absolute atomic E-state index is 0.0134. The smallest absolute Gasteiger partial charge is 0.271 e. The normalized spacial score (nSPS) is 27.2. The van der Waals surface area contributed by atoms with Crippen LogP contribution in [0, 0.1) is 29.6 Å². The van der Waals surface area contributed by atoms with Crippen LogP contribution in [0.2, 0.25) is 0 Å². The molecule has 13 nitrogen and oxygen atoms in total. The lowest BCUT2D eigenvalue weighted by Gasteiger charge is -2.27. The number of amides is 5. The van der Waals surface area contributed by atoms with E-state index in [0.29, 0.717) is 40.2 Å². The van der Waals surface area contributed by atoms with Gasteiger partial charge < -0.3 is 26.2 Å². The summed E-state index contributed by atoms with van der Waals surface area (Å²) in [5, 5.41) is 17.6. The van der Waals surface area contributed by atoms with Crippen LogP contribution in [0.3, 0.4) is 0 Å². The van der Waals surface area contributed by atoms with Crippen molar-refractivity contribution in [2.24, 2.45) is 34.6 Å². The molecule has 0 aromatic carbocycles. The van der Waals surface area contributed by atoms with Gasteiger partial charge in [0.1, 0.15) is 33.5 Å². The molecule has 1 fully saturated rings. The van der Waals surface area contributed by atoms with Crippen molar-refractivity contribution in [1.29, 1.82) is 0 Å². The first kappa shape index (κ1) is 39.8. The van der Waals surface area contributed by atoms with E-state index >= 15 is 0 Å². The number of carbonyl (C=O) groups is 5. The number of carbonyl (C=O) groups excluding carboxylic acids is 5. The van der Waals surface area contributed by atoms with Crippen molar-refractivity contribution in [3.05, 3.63) is 32.2 Å². The van der Waals surface area contributed by atoms with E-state index in [-0.39, 0.29) is 65.2 Å². The first-order valence-corrected chi connectivity index (χ1v) is 21.0. The van der Waals surface area contributed by atoms with Gasteiger partial charge in [0.25, 0.3) is 11.8 Å². The minimum Gasteiger partial charge on any atom is -0.346 e. The van der Waals surface area contributed by atoms with E-state index in [1.54, 1.807) is 15.7 Å². The second-order valence-electron chi connectivity index (χ2n) is 15.2. The number of hydrogen-bond acceptors (Lipinski definition) is 11. The van der Waals surface area contributed by atoms with E-state index in [1.165, 1.54) is 34.4 Å². The summed E-state index contributed by atoms with van der Waals surface area (Å²) in [6.45, 7) is 16.6. The van der Waals surface area contributed by atoms with Crippen LogP contribution in [0.15, 0.2) is 15.8 Å². The number of aliphatic imine (C=N–C) groups is 1. The Morgan fingerprint density at radius 3 is 1.98 bits per heavy atom. The summed E-state index contributed by atoms with van der Waals surface area (Å²) in [4.78, 5) is 84.1. The van der Waals surface area contributed by atoms with Crippen molar-refractivity contribution in [3.63, 3.8) is 0 Å². The van der Waals surface area contributed by atoms with Crippen molar-refractivity contribution >= 4 is 69.0 Å². The number of thioether (sulfide) groups is 1. The highest BCUT2D eigenvalue weighted by Gasteiger charge is 2.38. The van der Waals surface area contributed by atoms with E-state index < -0.39 is 42.0 Å². The fraction of sp³-hybridized carbons (Fsp3) is 0.667. The summed E-state index contributed by atoms with van der Waals surface area (Å²) >= 11 is 4.08. The zero-order valence-electron chi connectivity index (χ0n) is 31.2. The topological polar surface area (TPSA) is 175 Å². The Labute approximate surface area is 318 Å². The van der Waals surface area contributed by atoms with Gasteiger partial charge in [0.05, 0.1) is 29.1 Å². The van der Waals surface area contributed by atoms with Crippen LogP contribution in [-0.4, -0.2) is 86.4 Å². The Balaban J connectivity index is 1.49. The molecule has 1 saturated heterocycles. The predicted molar refractivity (Wildman–Crippen MR) is 205 cm³/mol. The van der Waals surface area contributed by atoms with Gasteiger partial charge in [-0.05, 0) is 36.5 Å². The summed E-state index contributed by atoms with van der Waals surface area (Å²) in [5.74, 6) is -1.43. The summed E-state index contributed by atoms with van der Waals surface area (Å²) < 4.78 is 0. The quantitative estimate of drug-likeness (QED) is 0.330. The van der Waals surface area contributed by atoms with Crippen molar-refractivity contribution in [3.8, 4) is 0 Å². The molecule has 2 aromatic rings. The molecule has 5 rings (SSSR count). The molecule has 3 aliphatic heterocycles. The molecule has 0 spiro atoms. The molecule has 0 aliphatic carbocycles. The van der Waals surface area contributed by atoms with Gasteiger partial charge in [-0.1, -0.05) is 61.8 Å². The molecule has 7 unspecified atom stereocenters. The van der Waals surface area contributed by atoms with Crippen molar-refractivity contribution < 1.29 is 24.0 Å². The Kier molecular flexibility index (Phi) is 13.2. The fourth-order valence-electron chi connectivity index (χ4n) is 6.53. The molecular formula is C36H52N8O5S3. The zero-order valence-corrected chi connectivity index (χ0v) is 33.7. The van der Waals surface area contributed by atoms with Gasteiger partial charge in [0.2, 0.25) is 17.7 Å². The maximum atomic E-state index is 13.8. The van der Waals surface area contributed by atoms with Crippen molar-refractivity contribution in [2.45, 2.75) is 105 Å². The Bertz CT molecular complexity index is 1670. The second kappa shape index (κ2) is 17.2. The maximum Gasteiger partial charge on any atom is 0.271 e. The molecule has 5 heterocycles. The minimum atomic E-state index is -0.811. The number of hydrogen-bond donors (Lipinski definition) is 4. The van der Waals surface area contributed by atoms with Gasteiger partial charge >= 0.3 is 0 Å². The van der Waals surface area contributed by atoms with E-state index in [2.05, 4.69) is 45.1 Å². The zero-order chi connectivity index (χ0) is 37.9. The number of thiazole rings is 2. The third-order valence-corrected chi connectivity index (χ3v) is 12.9. The Morgan fingerprint density at radius 1 is 0.788 bits per heavy atom. The molecular weight excluding hydrogens is 721 g/mol. The van der Waals surface area contributed by atoms with Crippen LogP contribution in [0.1, 0.15) is 118 Å². The molecule has 52 heavy (non-hydrogen) atoms. The van der Waals surface area contributed by atoms with Crippen LogP contribution in [-0.2, 0) is 14.4 Å². The van der Waals surface area contributed by atoms with Crippen LogP contribution >= 0.6 is 34.4 Å². The monoisotopic (exact) mass is 772 g/mol. The average molecular weight is 773 g/mol. The highest BCUT2D eigenvalue weighted by Crippen LogP contribution is 2.31. The molecule has 7 atom stereocenters. The molecule has 5 amide bonds. The first-order valence-electron chi connectivity index (χ1n) is 18.3. The van der Waals surface area contributed by atoms with Crippen LogP contribution in [0.5, 0.6) is 0 Å². The van der Waals surface area contributed by atoms with Gasteiger partial charge in [-0.2, -0.15) is 0 Å². The second-order valence-corrected chi connectivity index (χ2v) is 18.0. The third-order valence-electron chi connectivity index (χ3n) is 9.89. The first-order chi connectivity index (χ1) is 24.7. The SMILES string of the molecule is CCC(C)C1NC(=O)C2CSC(=N2)C(CC(C)C)NC(=O)c2csc(n2)C(C(C)C)NC(=O)C2CCN(C2)C(=O)C(C(C)C)NC(=O)c2csc1n2. The Hall–Kier alpha value is -3.37. The van der Waals surface area contributed by atoms with Gasteiger partial charge in [-0.3, -0.25) is 29.0 Å². The highest BCUT2D eigenvalue weighted by molar-refractivity contribution is 8.14. The van der Waals surface area contributed by atoms with Gasteiger partial charge in [-0.25, -0.2) is 9.97 Å². The van der Waals surface area contributed by atoms with Gasteiger partial charge in [0, 0.05) is 29.6 Å². The standard InChI is InChI=1S/C36H52N8O5S3/c1-9-20(8)28-35-40-25(16-52-35)31(47)42-27(19(6)7)36(49)44-11-10-21(13-44)29(45)41-26(18(4)5)34-39-23(15-51-34)30(46)37-22(12-17(2)3)33-38-24(14-50-33)32(48)43-28/h15-22,24,26-28H,9-14H2,1-8H3,(H,37,46)(H,41,45)(H,42,47)(H,43,48). The lowest BCUT2D eigenvalue weighted by atomic mass is 9.99. The van der Waals surface area contributed by atoms with Crippen LogP contribution in [0.25, 0.3) is 0 Å². The van der Waals surface area contributed by atoms with E-state index in [4.69, 9.17) is 4.99 Å². The molecule has 4 N–H and O–H groups in total. The summed E-state index contributed by atoms with van der Waals surface area (Å²) in [7, 11) is 0. The lowest BCUT2D eigenvalue weighted by Crippen LogP contribution is -2.51. The number of nitrogens with one attached hydrogen (secondary N) is 4. The maximum absolute atomic E-state index is 13.8. The molecule has 2 aromatic heterocycles. The molecule has 0 radical (unpaired) electrons. The molecule has 0 saturated carbocycles. The summed E-state index contributed by atoms with van der Waals surface area (Å²) in [6.07, 6.45) is 1.88. The van der Waals surface area contributed by atoms with E-state index in [9.17, 15) is 24.0 Å². The summed E-state index contributed by atoms with van der Waals surface area (Å²) in [6, 6.07) is -2.74. The molecule has 284 valence electrons. The van der Waals surface area contributed by atoms with Crippen LogP contribution in [0.4, 0.5) is 0 Å². The lowest BCUT2D eigenvalue weighted by molar-refractivity contribution is -0.133. The third kappa shape index (κ3) is 9.22. The van der Waals surface area contributed by atoms with Crippen molar-refractivity contribution in [2.75, 3.05) is 18.8 Å². The largest absolute Gasteiger partial charge is 0.346 e. The number of nitrogens with zero attached hydrogens (tertiary/aromatic N) is 4. The molecule has 3 aliphatic rings.